The number of thiazole rings is 1. The van der Waals surface area contributed by atoms with Crippen LogP contribution >= 0.6 is 11.3 Å². The summed E-state index contributed by atoms with van der Waals surface area (Å²) in [6.45, 7) is 12.2. The first-order valence-corrected chi connectivity index (χ1v) is 13.4. The number of likely N-dealkylation sites (tertiary alicyclic amines) is 1. The molecule has 4 heterocycles. The molecule has 1 aliphatic heterocycles. The number of halogens is 1. The van der Waals surface area contributed by atoms with Gasteiger partial charge in [0.25, 0.3) is 0 Å². The zero-order valence-electron chi connectivity index (χ0n) is 22.3. The molecule has 1 aromatic carbocycles. The molecular weight excluding hydrogens is 507 g/mol. The number of pyridine rings is 1. The molecule has 3 aromatic heterocycles. The van der Waals surface area contributed by atoms with Crippen LogP contribution in [0.25, 0.3) is 26.4 Å². The average molecular weight is 539 g/mol. The number of hydrogen-bond donors (Lipinski definition) is 1. The molecule has 0 bridgehead atoms. The van der Waals surface area contributed by atoms with Crippen LogP contribution in [0.1, 0.15) is 82.2 Å². The second-order valence-corrected chi connectivity index (χ2v) is 12.7. The Hall–Kier alpha value is -3.53. The summed E-state index contributed by atoms with van der Waals surface area (Å²) >= 11 is 1.34. The number of nitrogens with zero attached hydrogens (tertiary/aromatic N) is 4. The Balaban J connectivity index is 1.57. The number of carboxylic acids is 1. The molecule has 1 amide bonds. The number of aromatic carboxylic acids is 1. The maximum atomic E-state index is 15.8. The average Bonchev–Trinajstić information content (AvgIpc) is 3.50. The highest BCUT2D eigenvalue weighted by Gasteiger charge is 2.34. The van der Waals surface area contributed by atoms with E-state index in [1.54, 1.807) is 11.0 Å². The van der Waals surface area contributed by atoms with E-state index in [4.69, 9.17) is 9.72 Å². The Labute approximate surface area is 224 Å². The summed E-state index contributed by atoms with van der Waals surface area (Å²) in [6.07, 6.45) is 2.71. The molecule has 0 aliphatic carbocycles. The summed E-state index contributed by atoms with van der Waals surface area (Å²) in [5.41, 5.74) is 2.13. The molecule has 0 saturated carbocycles. The molecule has 1 atom stereocenters. The third-order valence-corrected chi connectivity index (χ3v) is 7.58. The third-order valence-electron chi connectivity index (χ3n) is 6.58. The molecule has 1 fully saturated rings. The van der Waals surface area contributed by atoms with Crippen LogP contribution < -0.4 is 0 Å². The molecule has 10 heteroatoms. The number of aromatic nitrogens is 3. The van der Waals surface area contributed by atoms with Crippen molar-refractivity contribution in [3.05, 3.63) is 53.2 Å². The van der Waals surface area contributed by atoms with E-state index in [0.717, 1.165) is 34.3 Å². The SMILES string of the molecule is CC(C)(C)OC(=O)N1CCCC1c1ccc(-c2nc3sc4cc(C(=O)O)ncc4n3c2C(C)(C)C)c(F)c1. The predicted octanol–water partition coefficient (Wildman–Crippen LogP) is 6.82. The van der Waals surface area contributed by atoms with Crippen molar-refractivity contribution >= 4 is 38.6 Å². The molecule has 4 aromatic rings. The fourth-order valence-electron chi connectivity index (χ4n) is 5.05. The third kappa shape index (κ3) is 4.62. The van der Waals surface area contributed by atoms with E-state index in [-0.39, 0.29) is 17.8 Å². The van der Waals surface area contributed by atoms with Crippen LogP contribution in [-0.4, -0.2) is 48.6 Å². The topological polar surface area (TPSA) is 97.0 Å². The van der Waals surface area contributed by atoms with Gasteiger partial charge in [0.05, 0.1) is 33.8 Å². The molecule has 1 unspecified atom stereocenters. The van der Waals surface area contributed by atoms with E-state index in [0.29, 0.717) is 22.8 Å². The Bertz CT molecular complexity index is 1580. The summed E-state index contributed by atoms with van der Waals surface area (Å²) in [6, 6.07) is 6.39. The molecule has 1 N–H and O–H groups in total. The van der Waals surface area contributed by atoms with Crippen LogP contribution in [0.4, 0.5) is 9.18 Å². The molecule has 1 saturated heterocycles. The van der Waals surface area contributed by atoms with Gasteiger partial charge in [-0.3, -0.25) is 4.40 Å². The smallest absolute Gasteiger partial charge is 0.410 e. The van der Waals surface area contributed by atoms with E-state index in [1.807, 2.05) is 52.0 Å². The van der Waals surface area contributed by atoms with Crippen molar-refractivity contribution in [2.45, 2.75) is 71.4 Å². The highest BCUT2D eigenvalue weighted by atomic mass is 32.1. The summed E-state index contributed by atoms with van der Waals surface area (Å²) in [7, 11) is 0. The van der Waals surface area contributed by atoms with Crippen LogP contribution in [0, 0.1) is 5.82 Å². The minimum atomic E-state index is -1.09. The first-order valence-electron chi connectivity index (χ1n) is 12.6. The number of hydrogen-bond acceptors (Lipinski definition) is 6. The predicted molar refractivity (Wildman–Crippen MR) is 144 cm³/mol. The van der Waals surface area contributed by atoms with E-state index < -0.39 is 22.8 Å². The van der Waals surface area contributed by atoms with Crippen molar-refractivity contribution in [2.24, 2.45) is 0 Å². The van der Waals surface area contributed by atoms with Gasteiger partial charge in [-0.15, -0.1) is 0 Å². The summed E-state index contributed by atoms with van der Waals surface area (Å²) in [5.74, 6) is -1.50. The molecule has 38 heavy (non-hydrogen) atoms. The molecule has 8 nitrogen and oxygen atoms in total. The highest BCUT2D eigenvalue weighted by molar-refractivity contribution is 7.23. The van der Waals surface area contributed by atoms with Gasteiger partial charge in [-0.1, -0.05) is 38.2 Å². The van der Waals surface area contributed by atoms with E-state index in [2.05, 4.69) is 4.98 Å². The normalized spacial score (nSPS) is 16.5. The van der Waals surface area contributed by atoms with Crippen molar-refractivity contribution in [1.29, 1.82) is 0 Å². The number of rotatable bonds is 3. The van der Waals surface area contributed by atoms with Gasteiger partial charge in [0.15, 0.2) is 4.96 Å². The van der Waals surface area contributed by atoms with Crippen LogP contribution in [-0.2, 0) is 10.2 Å². The van der Waals surface area contributed by atoms with Crippen molar-refractivity contribution in [3.63, 3.8) is 0 Å². The number of carbonyl (C=O) groups is 2. The maximum Gasteiger partial charge on any atom is 0.410 e. The quantitative estimate of drug-likeness (QED) is 0.307. The lowest BCUT2D eigenvalue weighted by Gasteiger charge is -2.29. The molecule has 0 radical (unpaired) electrons. The van der Waals surface area contributed by atoms with Gasteiger partial charge in [0.2, 0.25) is 0 Å². The van der Waals surface area contributed by atoms with Crippen molar-refractivity contribution in [3.8, 4) is 11.3 Å². The largest absolute Gasteiger partial charge is 0.477 e. The van der Waals surface area contributed by atoms with Crippen molar-refractivity contribution < 1.29 is 23.8 Å². The molecule has 0 spiro atoms. The van der Waals surface area contributed by atoms with Gasteiger partial charge in [0.1, 0.15) is 17.1 Å². The van der Waals surface area contributed by atoms with Crippen molar-refractivity contribution in [1.82, 2.24) is 19.3 Å². The Morgan fingerprint density at radius 3 is 2.53 bits per heavy atom. The van der Waals surface area contributed by atoms with E-state index in [1.165, 1.54) is 29.7 Å². The first kappa shape index (κ1) is 26.1. The second kappa shape index (κ2) is 9.04. The van der Waals surface area contributed by atoms with Crippen LogP contribution in [0.3, 0.4) is 0 Å². The Kier molecular flexibility index (Phi) is 6.21. The lowest BCUT2D eigenvalue weighted by Crippen LogP contribution is -2.36. The molecular formula is C28H31FN4O4S. The monoisotopic (exact) mass is 538 g/mol. The van der Waals surface area contributed by atoms with Gasteiger partial charge in [-0.2, -0.15) is 0 Å². The van der Waals surface area contributed by atoms with Gasteiger partial charge < -0.3 is 14.7 Å². The summed E-state index contributed by atoms with van der Waals surface area (Å²) in [5, 5.41) is 9.32. The molecule has 1 aliphatic rings. The van der Waals surface area contributed by atoms with E-state index >= 15 is 4.39 Å². The minimum Gasteiger partial charge on any atom is -0.477 e. The maximum absolute atomic E-state index is 15.8. The molecule has 200 valence electrons. The lowest BCUT2D eigenvalue weighted by molar-refractivity contribution is 0.0224. The van der Waals surface area contributed by atoms with Gasteiger partial charge >= 0.3 is 12.1 Å². The summed E-state index contributed by atoms with van der Waals surface area (Å²) in [4.78, 5) is 35.4. The number of imidazole rings is 1. The fourth-order valence-corrected chi connectivity index (χ4v) is 6.08. The Morgan fingerprint density at radius 1 is 1.16 bits per heavy atom. The Morgan fingerprint density at radius 2 is 1.89 bits per heavy atom. The number of benzene rings is 1. The van der Waals surface area contributed by atoms with E-state index in [9.17, 15) is 14.7 Å². The highest BCUT2D eigenvalue weighted by Crippen LogP contribution is 2.41. The number of fused-ring (bicyclic) bond motifs is 3. The lowest BCUT2D eigenvalue weighted by atomic mass is 9.88. The minimum absolute atomic E-state index is 0.0338. The van der Waals surface area contributed by atoms with Crippen LogP contribution in [0.2, 0.25) is 0 Å². The van der Waals surface area contributed by atoms with Gasteiger partial charge in [-0.25, -0.2) is 23.9 Å². The van der Waals surface area contributed by atoms with Gasteiger partial charge in [-0.05, 0) is 57.4 Å². The molecule has 5 rings (SSSR count). The van der Waals surface area contributed by atoms with Crippen LogP contribution in [0.15, 0.2) is 30.5 Å². The van der Waals surface area contributed by atoms with Gasteiger partial charge in [0, 0.05) is 17.5 Å². The zero-order valence-corrected chi connectivity index (χ0v) is 23.1. The number of carboxylic acid groups (broad SMARTS) is 1. The second-order valence-electron chi connectivity index (χ2n) is 11.7. The van der Waals surface area contributed by atoms with Crippen LogP contribution in [0.5, 0.6) is 0 Å². The fraction of sp³-hybridized carbons (Fsp3) is 0.429. The number of carbonyl (C=O) groups excluding carboxylic acids is 1. The summed E-state index contributed by atoms with van der Waals surface area (Å²) < 4.78 is 24.1. The number of amides is 1. The zero-order chi connectivity index (χ0) is 27.6. The standard InChI is InChI=1S/C28H31FN4O4S/c1-27(2,3)23-22(31-25-33(23)20-14-30-18(24(34)35)13-21(20)38-25)16-10-9-15(12-17(16)29)19-8-7-11-32(19)26(36)37-28(4,5)6/h9-10,12-14,19H,7-8,11H2,1-6H3,(H,34,35). The number of ether oxygens (including phenoxy) is 1. The van der Waals surface area contributed by atoms with Crippen molar-refractivity contribution in [2.75, 3.05) is 6.54 Å². The first-order chi connectivity index (χ1) is 17.7.